The molecule has 0 aromatic heterocycles. The standard InChI is InChI=1S/C20H26O6/c1-11-8-19-9-20(11,26)7-4-12(19)18(10-21)6-3-5-17(2,16(24)25)14(18)13(19)15(22)23/h10,12-14,26H,1,3-9H2,2H3,(H,22,23)(H,24,25)/t12-,13+,14?,17+,18+,19-,20-/m0/s1. The molecule has 4 aliphatic carbocycles. The summed E-state index contributed by atoms with van der Waals surface area (Å²) in [7, 11) is 0. The van der Waals surface area contributed by atoms with Crippen molar-refractivity contribution in [1.82, 2.24) is 0 Å². The summed E-state index contributed by atoms with van der Waals surface area (Å²) in [5.41, 5.74) is -3.41. The predicted molar refractivity (Wildman–Crippen MR) is 91.2 cm³/mol. The highest BCUT2D eigenvalue weighted by molar-refractivity contribution is 5.82. The first kappa shape index (κ1) is 17.7. The van der Waals surface area contributed by atoms with Gasteiger partial charge in [0.15, 0.2) is 0 Å². The highest BCUT2D eigenvalue weighted by Gasteiger charge is 2.78. The number of aldehydes is 1. The van der Waals surface area contributed by atoms with Crippen molar-refractivity contribution in [2.75, 3.05) is 0 Å². The quantitative estimate of drug-likeness (QED) is 0.524. The number of rotatable bonds is 3. The lowest BCUT2D eigenvalue weighted by Crippen LogP contribution is -2.52. The molecule has 1 unspecified atom stereocenters. The van der Waals surface area contributed by atoms with Gasteiger partial charge in [0.05, 0.1) is 16.9 Å². The SMILES string of the molecule is C=C1C[C@]23C[C@@]1(O)CC[C@H]2[C@]1(C=O)CCC[C@@](C)(C(=O)O)C1[C@@H]3C(=O)O. The minimum Gasteiger partial charge on any atom is -0.481 e. The molecule has 0 aliphatic heterocycles. The molecule has 7 atom stereocenters. The average molecular weight is 362 g/mol. The molecule has 0 aromatic rings. The van der Waals surface area contributed by atoms with Gasteiger partial charge in [0.2, 0.25) is 0 Å². The third-order valence-electron chi connectivity index (χ3n) is 8.51. The Morgan fingerprint density at radius 3 is 2.50 bits per heavy atom. The van der Waals surface area contributed by atoms with Gasteiger partial charge in [0.25, 0.3) is 0 Å². The zero-order valence-corrected chi connectivity index (χ0v) is 15.0. The average Bonchev–Trinajstić information content (AvgIpc) is 2.92. The van der Waals surface area contributed by atoms with E-state index in [-0.39, 0.29) is 12.3 Å². The van der Waals surface area contributed by atoms with Crippen LogP contribution in [-0.2, 0) is 14.4 Å². The lowest BCUT2D eigenvalue weighted by molar-refractivity contribution is -0.167. The molecule has 6 heteroatoms. The van der Waals surface area contributed by atoms with Crippen LogP contribution in [-0.4, -0.2) is 39.1 Å². The number of hydrogen-bond donors (Lipinski definition) is 3. The number of carbonyl (C=O) groups is 3. The number of hydrogen-bond acceptors (Lipinski definition) is 4. The van der Waals surface area contributed by atoms with Crippen LogP contribution in [0.2, 0.25) is 0 Å². The van der Waals surface area contributed by atoms with Crippen molar-refractivity contribution in [3.63, 3.8) is 0 Å². The van der Waals surface area contributed by atoms with E-state index < -0.39 is 45.6 Å². The van der Waals surface area contributed by atoms with Crippen molar-refractivity contribution in [3.8, 4) is 0 Å². The molecule has 3 N–H and O–H groups in total. The summed E-state index contributed by atoms with van der Waals surface area (Å²) in [5, 5.41) is 31.1. The van der Waals surface area contributed by atoms with Crippen molar-refractivity contribution < 1.29 is 29.7 Å². The Bertz CT molecular complexity index is 730. The van der Waals surface area contributed by atoms with E-state index in [2.05, 4.69) is 6.58 Å². The van der Waals surface area contributed by atoms with Crippen molar-refractivity contribution in [3.05, 3.63) is 12.2 Å². The molecular weight excluding hydrogens is 336 g/mol. The Morgan fingerprint density at radius 2 is 1.92 bits per heavy atom. The molecule has 1 spiro atoms. The smallest absolute Gasteiger partial charge is 0.309 e. The Labute approximate surface area is 152 Å². The second-order valence-electron chi connectivity index (χ2n) is 9.41. The first-order valence-electron chi connectivity index (χ1n) is 9.41. The Kier molecular flexibility index (Phi) is 3.39. The molecule has 4 fully saturated rings. The fourth-order valence-electron chi connectivity index (χ4n) is 7.63. The number of fused-ring (bicyclic) bond motifs is 3. The van der Waals surface area contributed by atoms with E-state index in [4.69, 9.17) is 0 Å². The first-order chi connectivity index (χ1) is 12.1. The molecule has 4 rings (SSSR count). The van der Waals surface area contributed by atoms with Gasteiger partial charge in [-0.3, -0.25) is 9.59 Å². The predicted octanol–water partition coefficient (Wildman–Crippen LogP) is 2.25. The van der Waals surface area contributed by atoms with E-state index in [9.17, 15) is 29.7 Å². The fraction of sp³-hybridized carbons (Fsp3) is 0.750. The Morgan fingerprint density at radius 1 is 1.23 bits per heavy atom. The number of carbonyl (C=O) groups excluding carboxylic acids is 1. The van der Waals surface area contributed by atoms with E-state index in [1.807, 2.05) is 0 Å². The zero-order chi connectivity index (χ0) is 19.1. The van der Waals surface area contributed by atoms with E-state index in [1.165, 1.54) is 0 Å². The van der Waals surface area contributed by atoms with Gasteiger partial charge in [-0.1, -0.05) is 13.0 Å². The number of aliphatic hydroxyl groups is 1. The fourth-order valence-corrected chi connectivity index (χ4v) is 7.63. The van der Waals surface area contributed by atoms with Gasteiger partial charge in [-0.15, -0.1) is 0 Å². The summed E-state index contributed by atoms with van der Waals surface area (Å²) in [5.74, 6) is -3.99. The number of carboxylic acid groups (broad SMARTS) is 2. The molecule has 0 amide bonds. The van der Waals surface area contributed by atoms with Gasteiger partial charge < -0.3 is 20.1 Å². The molecule has 26 heavy (non-hydrogen) atoms. The van der Waals surface area contributed by atoms with Crippen molar-refractivity contribution in [1.29, 1.82) is 0 Å². The van der Waals surface area contributed by atoms with Crippen LogP contribution in [0.15, 0.2) is 12.2 Å². The highest BCUT2D eigenvalue weighted by atomic mass is 16.4. The van der Waals surface area contributed by atoms with Gasteiger partial charge >= 0.3 is 11.9 Å². The van der Waals surface area contributed by atoms with E-state index >= 15 is 0 Å². The Hall–Kier alpha value is -1.69. The lowest BCUT2D eigenvalue weighted by atomic mass is 9.53. The van der Waals surface area contributed by atoms with Crippen molar-refractivity contribution in [2.45, 2.75) is 57.5 Å². The van der Waals surface area contributed by atoms with Crippen LogP contribution >= 0.6 is 0 Å². The summed E-state index contributed by atoms with van der Waals surface area (Å²) < 4.78 is 0. The molecule has 2 bridgehead atoms. The van der Waals surface area contributed by atoms with Crippen LogP contribution in [0.1, 0.15) is 51.9 Å². The molecule has 0 aromatic carbocycles. The maximum absolute atomic E-state index is 12.5. The summed E-state index contributed by atoms with van der Waals surface area (Å²) in [6.07, 6.45) is 4.04. The monoisotopic (exact) mass is 362 g/mol. The van der Waals surface area contributed by atoms with Gasteiger partial charge in [-0.05, 0) is 62.4 Å². The van der Waals surface area contributed by atoms with Crippen molar-refractivity contribution in [2.24, 2.45) is 34.0 Å². The Balaban J connectivity index is 1.98. The van der Waals surface area contributed by atoms with Crippen LogP contribution in [0, 0.1) is 34.0 Å². The molecule has 0 radical (unpaired) electrons. The van der Waals surface area contributed by atoms with Crippen LogP contribution in [0.25, 0.3) is 0 Å². The van der Waals surface area contributed by atoms with Crippen LogP contribution in [0.4, 0.5) is 0 Å². The molecule has 142 valence electrons. The highest BCUT2D eigenvalue weighted by Crippen LogP contribution is 2.77. The van der Waals surface area contributed by atoms with Crippen molar-refractivity contribution >= 4 is 18.2 Å². The van der Waals surface area contributed by atoms with E-state index in [1.54, 1.807) is 6.92 Å². The normalized spacial score (nSPS) is 52.2. The molecule has 4 aliphatic rings. The third kappa shape index (κ3) is 1.74. The molecule has 0 saturated heterocycles. The second-order valence-corrected chi connectivity index (χ2v) is 9.41. The van der Waals surface area contributed by atoms with Crippen LogP contribution in [0.3, 0.4) is 0 Å². The molecule has 6 nitrogen and oxygen atoms in total. The summed E-state index contributed by atoms with van der Waals surface area (Å²) >= 11 is 0. The second kappa shape index (κ2) is 4.97. The molecular formula is C20H26O6. The topological polar surface area (TPSA) is 112 Å². The van der Waals surface area contributed by atoms with E-state index in [0.717, 1.165) is 6.29 Å². The number of aliphatic carboxylic acids is 2. The van der Waals surface area contributed by atoms with Crippen LogP contribution < -0.4 is 0 Å². The van der Waals surface area contributed by atoms with Gasteiger partial charge in [-0.2, -0.15) is 0 Å². The van der Waals surface area contributed by atoms with Gasteiger partial charge in [0.1, 0.15) is 6.29 Å². The largest absolute Gasteiger partial charge is 0.481 e. The van der Waals surface area contributed by atoms with Gasteiger partial charge in [0, 0.05) is 11.3 Å². The summed E-state index contributed by atoms with van der Waals surface area (Å²) in [4.78, 5) is 37.1. The summed E-state index contributed by atoms with van der Waals surface area (Å²) in [6, 6.07) is 0. The minimum atomic E-state index is -1.25. The van der Waals surface area contributed by atoms with Gasteiger partial charge in [-0.25, -0.2) is 0 Å². The van der Waals surface area contributed by atoms with Crippen LogP contribution in [0.5, 0.6) is 0 Å². The molecule has 4 saturated carbocycles. The van der Waals surface area contributed by atoms with E-state index in [0.29, 0.717) is 44.1 Å². The summed E-state index contributed by atoms with van der Waals surface area (Å²) in [6.45, 7) is 5.62. The number of carboxylic acids is 2. The minimum absolute atomic E-state index is 0.211. The maximum atomic E-state index is 12.5. The lowest BCUT2D eigenvalue weighted by Gasteiger charge is -2.49. The first-order valence-corrected chi connectivity index (χ1v) is 9.41. The third-order valence-corrected chi connectivity index (χ3v) is 8.51. The zero-order valence-electron chi connectivity index (χ0n) is 15.0. The molecule has 0 heterocycles. The maximum Gasteiger partial charge on any atom is 0.309 e.